The molecule has 1 heterocycles. The lowest BCUT2D eigenvalue weighted by atomic mass is 9.82. The lowest BCUT2D eigenvalue weighted by molar-refractivity contribution is 0.159. The number of benzene rings is 3. The van der Waals surface area contributed by atoms with Crippen molar-refractivity contribution in [3.05, 3.63) is 59.7 Å². The van der Waals surface area contributed by atoms with E-state index in [1.807, 2.05) is 0 Å². The molecule has 0 radical (unpaired) electrons. The minimum atomic E-state index is 0.598. The summed E-state index contributed by atoms with van der Waals surface area (Å²) in [6.07, 6.45) is 3.86. The Bertz CT molecular complexity index is 893. The van der Waals surface area contributed by atoms with Crippen LogP contribution in [-0.2, 0) is 6.42 Å². The summed E-state index contributed by atoms with van der Waals surface area (Å²) >= 11 is 0. The Morgan fingerprint density at radius 1 is 0.833 bits per heavy atom. The summed E-state index contributed by atoms with van der Waals surface area (Å²) in [4.78, 5) is 2.71. The van der Waals surface area contributed by atoms with Gasteiger partial charge < -0.3 is 5.32 Å². The molecule has 0 saturated carbocycles. The van der Waals surface area contributed by atoms with E-state index in [9.17, 15) is 0 Å². The predicted octanol–water partition coefficient (Wildman–Crippen LogP) is 4.28. The third-order valence-corrected chi connectivity index (χ3v) is 5.91. The fourth-order valence-corrected chi connectivity index (χ4v) is 4.76. The first-order chi connectivity index (χ1) is 11.9. The van der Waals surface area contributed by atoms with Gasteiger partial charge in [-0.25, -0.2) is 0 Å². The molecule has 1 fully saturated rings. The lowest BCUT2D eigenvalue weighted by Gasteiger charge is -2.39. The van der Waals surface area contributed by atoms with E-state index in [0.29, 0.717) is 6.04 Å². The summed E-state index contributed by atoms with van der Waals surface area (Å²) in [6, 6.07) is 18.8. The average Bonchev–Trinajstić information content (AvgIpc) is 2.67. The van der Waals surface area contributed by atoms with Crippen LogP contribution < -0.4 is 5.32 Å². The van der Waals surface area contributed by atoms with Gasteiger partial charge in [0.25, 0.3) is 0 Å². The molecule has 2 aliphatic rings. The summed E-state index contributed by atoms with van der Waals surface area (Å²) in [5.74, 6) is 0. The zero-order valence-corrected chi connectivity index (χ0v) is 14.1. The van der Waals surface area contributed by atoms with Gasteiger partial charge >= 0.3 is 0 Å². The number of nitrogens with one attached hydrogen (secondary N) is 1. The number of aryl methyl sites for hydroxylation is 1. The van der Waals surface area contributed by atoms with Gasteiger partial charge in [0.05, 0.1) is 0 Å². The first-order valence-corrected chi connectivity index (χ1v) is 9.30. The first-order valence-electron chi connectivity index (χ1n) is 9.30. The van der Waals surface area contributed by atoms with Crippen LogP contribution in [0.25, 0.3) is 21.5 Å². The summed E-state index contributed by atoms with van der Waals surface area (Å²) in [5.41, 5.74) is 3.19. The van der Waals surface area contributed by atoms with Gasteiger partial charge in [0.15, 0.2) is 0 Å². The monoisotopic (exact) mass is 316 g/mol. The van der Waals surface area contributed by atoms with Crippen molar-refractivity contribution in [3.8, 4) is 0 Å². The van der Waals surface area contributed by atoms with Crippen LogP contribution in [0.5, 0.6) is 0 Å². The van der Waals surface area contributed by atoms with Crippen molar-refractivity contribution in [2.75, 3.05) is 26.2 Å². The third-order valence-electron chi connectivity index (χ3n) is 5.91. The smallest absolute Gasteiger partial charge is 0.0358 e. The second-order valence-electron chi connectivity index (χ2n) is 7.21. The van der Waals surface area contributed by atoms with E-state index in [4.69, 9.17) is 0 Å². The lowest BCUT2D eigenvalue weighted by Crippen LogP contribution is -2.45. The first kappa shape index (κ1) is 14.4. The normalized spacial score (nSPS) is 21.9. The molecule has 2 nitrogen and oxygen atoms in total. The van der Waals surface area contributed by atoms with E-state index in [0.717, 1.165) is 13.1 Å². The second-order valence-corrected chi connectivity index (χ2v) is 7.21. The highest BCUT2D eigenvalue weighted by molar-refractivity contribution is 6.08. The molecule has 24 heavy (non-hydrogen) atoms. The quantitative estimate of drug-likeness (QED) is 0.674. The summed E-state index contributed by atoms with van der Waals surface area (Å²) in [5, 5.41) is 9.14. The molecule has 3 aromatic rings. The van der Waals surface area contributed by atoms with Gasteiger partial charge in [0.1, 0.15) is 0 Å². The zero-order chi connectivity index (χ0) is 15.9. The molecular weight excluding hydrogens is 292 g/mol. The highest BCUT2D eigenvalue weighted by Gasteiger charge is 2.28. The fraction of sp³-hybridized carbons (Fsp3) is 0.364. The van der Waals surface area contributed by atoms with Crippen molar-refractivity contribution >= 4 is 21.5 Å². The Morgan fingerprint density at radius 2 is 1.67 bits per heavy atom. The van der Waals surface area contributed by atoms with E-state index in [1.165, 1.54) is 53.9 Å². The maximum absolute atomic E-state index is 3.50. The molecule has 0 spiro atoms. The molecule has 1 aliphatic heterocycles. The van der Waals surface area contributed by atoms with E-state index < -0.39 is 0 Å². The van der Waals surface area contributed by atoms with Crippen LogP contribution >= 0.6 is 0 Å². The molecule has 0 bridgehead atoms. The topological polar surface area (TPSA) is 15.3 Å². The summed E-state index contributed by atoms with van der Waals surface area (Å²) in [6.45, 7) is 4.60. The molecule has 1 aliphatic carbocycles. The van der Waals surface area contributed by atoms with E-state index in [1.54, 1.807) is 11.1 Å². The van der Waals surface area contributed by atoms with Crippen LogP contribution in [0.1, 0.15) is 30.0 Å². The van der Waals surface area contributed by atoms with Crippen LogP contribution in [0.15, 0.2) is 48.5 Å². The number of rotatable bonds is 1. The minimum Gasteiger partial charge on any atom is -0.314 e. The SMILES string of the molecule is c1ccc2c(c1)ccc1c3c(ccc12)CCCC3N1CCNCC1. The van der Waals surface area contributed by atoms with Crippen LogP contribution in [0, 0.1) is 0 Å². The van der Waals surface area contributed by atoms with Crippen molar-refractivity contribution in [2.45, 2.75) is 25.3 Å². The van der Waals surface area contributed by atoms with Crippen LogP contribution in [-0.4, -0.2) is 31.1 Å². The standard InChI is InChI=1S/C22H24N2/c1-2-6-18-16(4-1)8-11-20-19(18)10-9-17-5-3-7-21(22(17)20)24-14-12-23-13-15-24/h1-2,4,6,8-11,21,23H,3,5,7,12-15H2. The molecule has 1 unspecified atom stereocenters. The fourth-order valence-electron chi connectivity index (χ4n) is 4.76. The number of hydrogen-bond acceptors (Lipinski definition) is 2. The van der Waals surface area contributed by atoms with Crippen molar-refractivity contribution in [1.82, 2.24) is 10.2 Å². The largest absolute Gasteiger partial charge is 0.314 e. The molecule has 1 atom stereocenters. The number of nitrogens with zero attached hydrogens (tertiary/aromatic N) is 1. The van der Waals surface area contributed by atoms with Crippen LogP contribution in [0.4, 0.5) is 0 Å². The van der Waals surface area contributed by atoms with E-state index in [2.05, 4.69) is 58.7 Å². The predicted molar refractivity (Wildman–Crippen MR) is 102 cm³/mol. The Morgan fingerprint density at radius 3 is 2.58 bits per heavy atom. The third kappa shape index (κ3) is 2.25. The van der Waals surface area contributed by atoms with Gasteiger partial charge in [-0.1, -0.05) is 48.5 Å². The molecule has 122 valence electrons. The van der Waals surface area contributed by atoms with Gasteiger partial charge in [-0.2, -0.15) is 0 Å². The molecule has 2 heteroatoms. The van der Waals surface area contributed by atoms with E-state index in [-0.39, 0.29) is 0 Å². The average molecular weight is 316 g/mol. The Labute approximate surface area is 143 Å². The molecular formula is C22H24N2. The number of fused-ring (bicyclic) bond motifs is 5. The Hall–Kier alpha value is -1.90. The summed E-state index contributed by atoms with van der Waals surface area (Å²) in [7, 11) is 0. The maximum atomic E-state index is 3.50. The van der Waals surface area contributed by atoms with Crippen LogP contribution in [0.3, 0.4) is 0 Å². The van der Waals surface area contributed by atoms with Crippen molar-refractivity contribution < 1.29 is 0 Å². The minimum absolute atomic E-state index is 0.598. The van der Waals surface area contributed by atoms with Crippen molar-refractivity contribution in [2.24, 2.45) is 0 Å². The van der Waals surface area contributed by atoms with E-state index >= 15 is 0 Å². The van der Waals surface area contributed by atoms with Gasteiger partial charge in [-0.3, -0.25) is 4.90 Å². The van der Waals surface area contributed by atoms with Crippen molar-refractivity contribution in [3.63, 3.8) is 0 Å². The number of piperazine rings is 1. The molecule has 5 rings (SSSR count). The van der Waals surface area contributed by atoms with Gasteiger partial charge in [0.2, 0.25) is 0 Å². The second kappa shape index (κ2) is 5.87. The van der Waals surface area contributed by atoms with Crippen molar-refractivity contribution in [1.29, 1.82) is 0 Å². The highest BCUT2D eigenvalue weighted by Crippen LogP contribution is 2.40. The summed E-state index contributed by atoms with van der Waals surface area (Å²) < 4.78 is 0. The zero-order valence-electron chi connectivity index (χ0n) is 14.1. The molecule has 0 aromatic heterocycles. The Kier molecular flexibility index (Phi) is 3.53. The molecule has 1 saturated heterocycles. The molecule has 1 N–H and O–H groups in total. The molecule has 0 amide bonds. The highest BCUT2D eigenvalue weighted by atomic mass is 15.2. The van der Waals surface area contributed by atoms with Gasteiger partial charge in [0, 0.05) is 32.2 Å². The number of hydrogen-bond donors (Lipinski definition) is 1. The maximum Gasteiger partial charge on any atom is 0.0358 e. The van der Waals surface area contributed by atoms with Gasteiger partial charge in [-0.05, 0) is 51.9 Å². The Balaban J connectivity index is 1.73. The molecule has 3 aromatic carbocycles. The van der Waals surface area contributed by atoms with Crippen LogP contribution in [0.2, 0.25) is 0 Å². The van der Waals surface area contributed by atoms with Gasteiger partial charge in [-0.15, -0.1) is 0 Å².